The monoisotopic (exact) mass is 418 g/mol. The van der Waals surface area contributed by atoms with Crippen LogP contribution in [0.25, 0.3) is 0 Å². The molecule has 0 aromatic heterocycles. The van der Waals surface area contributed by atoms with Crippen molar-refractivity contribution in [3.63, 3.8) is 0 Å². The van der Waals surface area contributed by atoms with Crippen LogP contribution in [0, 0.1) is 0 Å². The van der Waals surface area contributed by atoms with Crippen LogP contribution < -0.4 is 14.9 Å². The molecule has 170 valence electrons. The van der Waals surface area contributed by atoms with Crippen LogP contribution in [0.15, 0.2) is 23.3 Å². The first-order valence-corrected chi connectivity index (χ1v) is 11.7. The summed E-state index contributed by atoms with van der Waals surface area (Å²) in [6.45, 7) is 2.27. The predicted octanol–water partition coefficient (Wildman–Crippen LogP) is 6.64. The van der Waals surface area contributed by atoms with Gasteiger partial charge in [-0.2, -0.15) is 5.10 Å². The molecule has 0 saturated carbocycles. The van der Waals surface area contributed by atoms with Gasteiger partial charge in [0, 0.05) is 12.0 Å². The van der Waals surface area contributed by atoms with Gasteiger partial charge in [-0.1, -0.05) is 84.0 Å². The molecular weight excluding hydrogens is 376 g/mol. The van der Waals surface area contributed by atoms with Crippen LogP contribution >= 0.6 is 0 Å². The van der Waals surface area contributed by atoms with Crippen LogP contribution in [-0.4, -0.2) is 26.3 Å². The Labute approximate surface area is 183 Å². The second-order valence-corrected chi connectivity index (χ2v) is 7.89. The zero-order valence-corrected chi connectivity index (χ0v) is 19.4. The van der Waals surface area contributed by atoms with Crippen LogP contribution in [0.2, 0.25) is 0 Å². The first kappa shape index (κ1) is 26.0. The molecule has 0 atom stereocenters. The van der Waals surface area contributed by atoms with Crippen molar-refractivity contribution in [3.8, 4) is 11.5 Å². The molecule has 0 radical (unpaired) electrons. The van der Waals surface area contributed by atoms with Gasteiger partial charge < -0.3 is 9.47 Å². The van der Waals surface area contributed by atoms with Crippen molar-refractivity contribution in [1.82, 2.24) is 5.43 Å². The third-order valence-corrected chi connectivity index (χ3v) is 5.34. The number of nitrogens with one attached hydrogen (secondary N) is 1. The number of amides is 1. The van der Waals surface area contributed by atoms with Crippen LogP contribution in [-0.2, 0) is 4.79 Å². The number of hydrazone groups is 1. The first-order chi connectivity index (χ1) is 14.7. The molecule has 1 rings (SSSR count). The number of carbonyl (C=O) groups excluding carboxylic acids is 1. The zero-order valence-electron chi connectivity index (χ0n) is 19.4. The first-order valence-electron chi connectivity index (χ1n) is 11.7. The Morgan fingerprint density at radius 3 is 1.97 bits per heavy atom. The molecule has 0 unspecified atom stereocenters. The number of rotatable bonds is 18. The summed E-state index contributed by atoms with van der Waals surface area (Å²) in [5, 5.41) is 4.05. The van der Waals surface area contributed by atoms with E-state index in [0.717, 1.165) is 24.2 Å². The number of methoxy groups -OCH3 is 2. The van der Waals surface area contributed by atoms with Crippen LogP contribution in [0.3, 0.4) is 0 Å². The molecule has 1 aromatic carbocycles. The summed E-state index contributed by atoms with van der Waals surface area (Å²) in [7, 11) is 3.21. The van der Waals surface area contributed by atoms with Gasteiger partial charge in [0.25, 0.3) is 0 Å². The van der Waals surface area contributed by atoms with Crippen LogP contribution in [0.4, 0.5) is 0 Å². The Bertz CT molecular complexity index is 602. The van der Waals surface area contributed by atoms with E-state index < -0.39 is 0 Å². The minimum absolute atomic E-state index is 0.0452. The molecule has 0 bridgehead atoms. The number of hydrogen-bond donors (Lipinski definition) is 1. The van der Waals surface area contributed by atoms with Crippen molar-refractivity contribution in [2.24, 2.45) is 5.10 Å². The van der Waals surface area contributed by atoms with Crippen molar-refractivity contribution >= 4 is 12.1 Å². The van der Waals surface area contributed by atoms with Gasteiger partial charge in [0.15, 0.2) is 0 Å². The summed E-state index contributed by atoms with van der Waals surface area (Å²) in [6, 6.07) is 5.46. The second kappa shape index (κ2) is 17.8. The lowest BCUT2D eigenvalue weighted by Crippen LogP contribution is -2.17. The van der Waals surface area contributed by atoms with Gasteiger partial charge in [0.05, 0.1) is 20.4 Å². The lowest BCUT2D eigenvalue weighted by molar-refractivity contribution is -0.121. The highest BCUT2D eigenvalue weighted by Crippen LogP contribution is 2.22. The fraction of sp³-hybridized carbons (Fsp3) is 0.680. The zero-order chi connectivity index (χ0) is 21.9. The SMILES string of the molecule is CCCCCCCCCCCCCCCC(=O)N/N=C/c1cc(OC)ccc1OC. The number of ether oxygens (including phenoxy) is 2. The molecule has 0 aliphatic rings. The van der Waals surface area contributed by atoms with E-state index in [-0.39, 0.29) is 5.91 Å². The topological polar surface area (TPSA) is 59.9 Å². The Balaban J connectivity index is 2.03. The van der Waals surface area contributed by atoms with E-state index in [9.17, 15) is 4.79 Å². The van der Waals surface area contributed by atoms with E-state index in [2.05, 4.69) is 17.5 Å². The Hall–Kier alpha value is -2.04. The summed E-state index contributed by atoms with van der Waals surface area (Å²) in [6.07, 6.45) is 19.0. The average Bonchev–Trinajstić information content (AvgIpc) is 2.76. The lowest BCUT2D eigenvalue weighted by atomic mass is 10.0. The van der Waals surface area contributed by atoms with Crippen LogP contribution in [0.1, 0.15) is 102 Å². The molecule has 0 spiro atoms. The normalized spacial score (nSPS) is 11.0. The predicted molar refractivity (Wildman–Crippen MR) is 126 cm³/mol. The summed E-state index contributed by atoms with van der Waals surface area (Å²) < 4.78 is 10.5. The van der Waals surface area contributed by atoms with Crippen molar-refractivity contribution in [2.45, 2.75) is 96.8 Å². The molecule has 1 N–H and O–H groups in total. The van der Waals surface area contributed by atoms with E-state index in [0.29, 0.717) is 12.2 Å². The quantitative estimate of drug-likeness (QED) is 0.165. The Morgan fingerprint density at radius 2 is 1.43 bits per heavy atom. The summed E-state index contributed by atoms with van der Waals surface area (Å²) in [5.74, 6) is 1.36. The molecular formula is C25H42N2O3. The number of nitrogens with zero attached hydrogens (tertiary/aromatic N) is 1. The van der Waals surface area contributed by atoms with Gasteiger partial charge in [-0.3, -0.25) is 4.79 Å². The Morgan fingerprint density at radius 1 is 0.867 bits per heavy atom. The van der Waals surface area contributed by atoms with Crippen molar-refractivity contribution in [2.75, 3.05) is 14.2 Å². The maximum Gasteiger partial charge on any atom is 0.240 e. The average molecular weight is 419 g/mol. The van der Waals surface area contributed by atoms with Gasteiger partial charge in [-0.25, -0.2) is 5.43 Å². The molecule has 5 heteroatoms. The minimum Gasteiger partial charge on any atom is -0.497 e. The van der Waals surface area contributed by atoms with Gasteiger partial charge in [-0.15, -0.1) is 0 Å². The highest BCUT2D eigenvalue weighted by molar-refractivity contribution is 5.85. The molecule has 30 heavy (non-hydrogen) atoms. The minimum atomic E-state index is -0.0452. The molecule has 1 aromatic rings. The lowest BCUT2D eigenvalue weighted by Gasteiger charge is -2.06. The summed E-state index contributed by atoms with van der Waals surface area (Å²) in [5.41, 5.74) is 3.36. The van der Waals surface area contributed by atoms with E-state index in [1.807, 2.05) is 18.2 Å². The van der Waals surface area contributed by atoms with Crippen molar-refractivity contribution in [1.29, 1.82) is 0 Å². The highest BCUT2D eigenvalue weighted by Gasteiger charge is 2.03. The molecule has 0 aliphatic heterocycles. The fourth-order valence-corrected chi connectivity index (χ4v) is 3.47. The second-order valence-electron chi connectivity index (χ2n) is 7.89. The van der Waals surface area contributed by atoms with Crippen LogP contribution in [0.5, 0.6) is 11.5 Å². The van der Waals surface area contributed by atoms with Crippen molar-refractivity contribution < 1.29 is 14.3 Å². The fourth-order valence-electron chi connectivity index (χ4n) is 3.47. The largest absolute Gasteiger partial charge is 0.497 e. The molecule has 1 amide bonds. The highest BCUT2D eigenvalue weighted by atomic mass is 16.5. The number of benzene rings is 1. The van der Waals surface area contributed by atoms with E-state index in [1.54, 1.807) is 20.4 Å². The Kier molecular flexibility index (Phi) is 15.4. The molecule has 0 aliphatic carbocycles. The summed E-state index contributed by atoms with van der Waals surface area (Å²) in [4.78, 5) is 11.9. The maximum absolute atomic E-state index is 11.9. The number of unbranched alkanes of at least 4 members (excludes halogenated alkanes) is 12. The number of carbonyl (C=O) groups is 1. The molecule has 0 heterocycles. The molecule has 5 nitrogen and oxygen atoms in total. The van der Waals surface area contributed by atoms with Gasteiger partial charge in [0.2, 0.25) is 5.91 Å². The standard InChI is InChI=1S/C25H42N2O3/c1-4-5-6-7-8-9-10-11-12-13-14-15-16-17-25(28)27-26-21-22-20-23(29-2)18-19-24(22)30-3/h18-21H,4-17H2,1-3H3,(H,27,28)/b26-21+. The van der Waals surface area contributed by atoms with E-state index in [4.69, 9.17) is 9.47 Å². The van der Waals surface area contributed by atoms with E-state index >= 15 is 0 Å². The van der Waals surface area contributed by atoms with Gasteiger partial charge >= 0.3 is 0 Å². The van der Waals surface area contributed by atoms with Crippen molar-refractivity contribution in [3.05, 3.63) is 23.8 Å². The van der Waals surface area contributed by atoms with Gasteiger partial charge in [-0.05, 0) is 24.6 Å². The molecule has 0 fully saturated rings. The third kappa shape index (κ3) is 12.5. The maximum atomic E-state index is 11.9. The summed E-state index contributed by atoms with van der Waals surface area (Å²) >= 11 is 0. The third-order valence-electron chi connectivity index (χ3n) is 5.34. The van der Waals surface area contributed by atoms with E-state index in [1.165, 1.54) is 70.6 Å². The van der Waals surface area contributed by atoms with Gasteiger partial charge in [0.1, 0.15) is 11.5 Å². The smallest absolute Gasteiger partial charge is 0.240 e. The molecule has 0 saturated heterocycles. The number of hydrogen-bond acceptors (Lipinski definition) is 4.